The highest BCUT2D eigenvalue weighted by Crippen LogP contribution is 2.42. The lowest BCUT2D eigenvalue weighted by atomic mass is 9.64. The van der Waals surface area contributed by atoms with Crippen molar-refractivity contribution in [2.75, 3.05) is 0 Å². The molecule has 0 bridgehead atoms. The Morgan fingerprint density at radius 1 is 1.12 bits per heavy atom. The summed E-state index contributed by atoms with van der Waals surface area (Å²) in [6.45, 7) is 6.67. The highest BCUT2D eigenvalue weighted by Gasteiger charge is 2.39. The van der Waals surface area contributed by atoms with Crippen LogP contribution in [0.5, 0.6) is 0 Å². The maximum atomic E-state index is 12.3. The van der Waals surface area contributed by atoms with Crippen molar-refractivity contribution in [2.24, 2.45) is 11.8 Å². The Hall–Kier alpha value is -0.820. The van der Waals surface area contributed by atoms with E-state index in [4.69, 9.17) is 0 Å². The largest absolute Gasteiger partial charge is 0.233 e. The van der Waals surface area contributed by atoms with Gasteiger partial charge in [-0.3, -0.25) is 0 Å². The molecule has 93 valence electrons. The van der Waals surface area contributed by atoms with Gasteiger partial charge in [0.25, 0.3) is 0 Å². The van der Waals surface area contributed by atoms with Crippen molar-refractivity contribution >= 4 is 0 Å². The molecule has 0 spiro atoms. The van der Waals surface area contributed by atoms with E-state index in [0.29, 0.717) is 5.92 Å². The zero-order chi connectivity index (χ0) is 12.5. The zero-order valence-corrected chi connectivity index (χ0v) is 11.1. The Kier molecular flexibility index (Phi) is 3.58. The van der Waals surface area contributed by atoms with Crippen LogP contribution in [0.2, 0.25) is 0 Å². The van der Waals surface area contributed by atoms with E-state index in [0.717, 1.165) is 12.8 Å². The molecule has 17 heavy (non-hydrogen) atoms. The van der Waals surface area contributed by atoms with E-state index in [1.165, 1.54) is 12.0 Å². The van der Waals surface area contributed by atoms with E-state index in [2.05, 4.69) is 45.0 Å². The molecule has 1 heteroatoms. The summed E-state index contributed by atoms with van der Waals surface area (Å²) in [5.74, 6) is 0.890. The predicted molar refractivity (Wildman–Crippen MR) is 70.4 cm³/mol. The van der Waals surface area contributed by atoms with Crippen LogP contribution in [0.15, 0.2) is 30.3 Å². The van der Waals surface area contributed by atoms with E-state index < -0.39 is 6.10 Å². The summed E-state index contributed by atoms with van der Waals surface area (Å²) >= 11 is 0. The van der Waals surface area contributed by atoms with Gasteiger partial charge >= 0.3 is 0 Å². The molecular weight excluding hydrogens is 208 g/mol. The van der Waals surface area contributed by atoms with Crippen molar-refractivity contribution in [3.8, 4) is 0 Å². The third kappa shape index (κ3) is 2.55. The van der Waals surface area contributed by atoms with Gasteiger partial charge in [0.1, 0.15) is 0 Å². The lowest BCUT2D eigenvalue weighted by Crippen LogP contribution is -2.40. The van der Waals surface area contributed by atoms with Crippen LogP contribution in [-0.4, -0.2) is 6.10 Å². The smallest absolute Gasteiger partial charge is 0.0969 e. The molecule has 1 aromatic carbocycles. The van der Waals surface area contributed by atoms with Crippen molar-refractivity contribution in [2.45, 2.75) is 51.6 Å². The van der Waals surface area contributed by atoms with E-state index in [1.807, 2.05) is 6.07 Å². The molecule has 2 rings (SSSR count). The summed E-state index contributed by atoms with van der Waals surface area (Å²) in [7, 11) is 0. The Morgan fingerprint density at radius 3 is 2.35 bits per heavy atom. The van der Waals surface area contributed by atoms with Crippen LogP contribution in [0.3, 0.4) is 0 Å². The fraction of sp³-hybridized carbons (Fsp3) is 0.625. The summed E-state index contributed by atoms with van der Waals surface area (Å²) in [6, 6.07) is 10.5. The SMILES string of the molecule is C[C@@H]1CCC(C(C)(C)c2ccccc2)C([O])C1. The average Bonchev–Trinajstić information content (AvgIpc) is 2.29. The first kappa shape index (κ1) is 12.6. The van der Waals surface area contributed by atoms with Gasteiger partial charge < -0.3 is 0 Å². The molecule has 1 aliphatic carbocycles. The molecule has 1 radical (unpaired) electrons. The van der Waals surface area contributed by atoms with Crippen LogP contribution in [0, 0.1) is 11.8 Å². The zero-order valence-electron chi connectivity index (χ0n) is 11.1. The minimum atomic E-state index is -0.394. The van der Waals surface area contributed by atoms with Crippen LogP contribution in [-0.2, 0) is 10.5 Å². The van der Waals surface area contributed by atoms with Gasteiger partial charge in [0, 0.05) is 0 Å². The first-order valence-corrected chi connectivity index (χ1v) is 6.73. The standard InChI is InChI=1S/C16H23O/c1-12-9-10-14(15(17)11-12)16(2,3)13-7-5-4-6-8-13/h4-8,12,14-15H,9-11H2,1-3H3/t12-,14?,15?/m1/s1. The monoisotopic (exact) mass is 231 g/mol. The second-order valence-electron chi connectivity index (χ2n) is 6.15. The van der Waals surface area contributed by atoms with Crippen LogP contribution in [0.1, 0.15) is 45.6 Å². The molecule has 3 atom stereocenters. The molecule has 1 fully saturated rings. The number of hydrogen-bond donors (Lipinski definition) is 0. The van der Waals surface area contributed by atoms with Gasteiger partial charge in [-0.05, 0) is 35.7 Å². The molecule has 0 amide bonds. The molecule has 0 saturated heterocycles. The lowest BCUT2D eigenvalue weighted by molar-refractivity contribution is -0.0338. The fourth-order valence-electron chi connectivity index (χ4n) is 3.24. The van der Waals surface area contributed by atoms with Gasteiger partial charge in [0.2, 0.25) is 0 Å². The Labute approximate surface area is 105 Å². The normalized spacial score (nSPS) is 30.2. The van der Waals surface area contributed by atoms with Crippen LogP contribution < -0.4 is 0 Å². The molecule has 0 N–H and O–H groups in total. The van der Waals surface area contributed by atoms with Crippen molar-refractivity contribution in [3.05, 3.63) is 35.9 Å². The van der Waals surface area contributed by atoms with Gasteiger partial charge in [-0.1, -0.05) is 57.5 Å². The first-order chi connectivity index (χ1) is 8.01. The Balaban J connectivity index is 2.21. The minimum absolute atomic E-state index is 0.00775. The summed E-state index contributed by atoms with van der Waals surface area (Å²) in [6.07, 6.45) is 2.74. The van der Waals surface area contributed by atoms with Crippen LogP contribution in [0.25, 0.3) is 0 Å². The Bertz CT molecular complexity index is 355. The second-order valence-corrected chi connectivity index (χ2v) is 6.15. The van der Waals surface area contributed by atoms with Crippen LogP contribution >= 0.6 is 0 Å². The van der Waals surface area contributed by atoms with Gasteiger partial charge in [-0.2, -0.15) is 0 Å². The summed E-state index contributed by atoms with van der Waals surface area (Å²) in [4.78, 5) is 0. The average molecular weight is 231 g/mol. The van der Waals surface area contributed by atoms with Gasteiger partial charge in [0.15, 0.2) is 0 Å². The Morgan fingerprint density at radius 2 is 1.76 bits per heavy atom. The van der Waals surface area contributed by atoms with E-state index in [-0.39, 0.29) is 11.3 Å². The highest BCUT2D eigenvalue weighted by atomic mass is 16.3. The summed E-state index contributed by atoms with van der Waals surface area (Å²) < 4.78 is 0. The van der Waals surface area contributed by atoms with Crippen LogP contribution in [0.4, 0.5) is 0 Å². The van der Waals surface area contributed by atoms with Gasteiger partial charge in [0.05, 0.1) is 6.10 Å². The maximum absolute atomic E-state index is 12.3. The van der Waals surface area contributed by atoms with Gasteiger partial charge in [-0.15, -0.1) is 0 Å². The molecule has 2 unspecified atom stereocenters. The molecular formula is C16H23O. The third-order valence-corrected chi connectivity index (χ3v) is 4.50. The molecule has 0 aromatic heterocycles. The number of benzene rings is 1. The third-order valence-electron chi connectivity index (χ3n) is 4.50. The van der Waals surface area contributed by atoms with Crippen molar-refractivity contribution in [1.82, 2.24) is 0 Å². The second kappa shape index (κ2) is 4.81. The molecule has 0 heterocycles. The summed E-state index contributed by atoms with van der Waals surface area (Å²) in [5.41, 5.74) is 1.31. The van der Waals surface area contributed by atoms with Crippen molar-refractivity contribution < 1.29 is 5.11 Å². The quantitative estimate of drug-likeness (QED) is 0.727. The predicted octanol–water partition coefficient (Wildman–Crippen LogP) is 4.20. The number of rotatable bonds is 2. The maximum Gasteiger partial charge on any atom is 0.0969 e. The molecule has 1 aromatic rings. The molecule has 1 nitrogen and oxygen atoms in total. The first-order valence-electron chi connectivity index (χ1n) is 6.73. The van der Waals surface area contributed by atoms with E-state index >= 15 is 0 Å². The van der Waals surface area contributed by atoms with Crippen molar-refractivity contribution in [3.63, 3.8) is 0 Å². The topological polar surface area (TPSA) is 19.9 Å². The van der Waals surface area contributed by atoms with E-state index in [9.17, 15) is 5.11 Å². The fourth-order valence-corrected chi connectivity index (χ4v) is 3.24. The van der Waals surface area contributed by atoms with Gasteiger partial charge in [-0.25, -0.2) is 5.11 Å². The van der Waals surface area contributed by atoms with E-state index in [1.54, 1.807) is 0 Å². The molecule has 0 aliphatic heterocycles. The van der Waals surface area contributed by atoms with Crippen molar-refractivity contribution in [1.29, 1.82) is 0 Å². The number of hydrogen-bond acceptors (Lipinski definition) is 0. The highest BCUT2D eigenvalue weighted by molar-refractivity contribution is 5.25. The molecule has 1 saturated carbocycles. The molecule has 1 aliphatic rings. The lowest BCUT2D eigenvalue weighted by Gasteiger charge is -2.41. The summed E-state index contributed by atoms with van der Waals surface area (Å²) in [5, 5.41) is 12.3. The minimum Gasteiger partial charge on any atom is -0.233 e.